The number of nitrogens with one attached hydrogen (secondary N) is 3. The highest BCUT2D eigenvalue weighted by atomic mass is 15.0. The third-order valence-corrected chi connectivity index (χ3v) is 2.67. The molecule has 0 unspecified atom stereocenters. The standard InChI is InChI=1S/C11H15N5/c1-13-10-6-14-3-2-9(10)11(12)8-4-15-7-16-5-8/h4-5,7,12-14H,2-3,6H2,1H3. The molecule has 0 fully saturated rings. The van der Waals surface area contributed by atoms with Crippen molar-refractivity contribution in [3.05, 3.63) is 35.6 Å². The molecule has 1 aromatic rings. The SMILES string of the molecule is CNC1=C(C(=N)c2cncnc2)CCNC1. The Morgan fingerprint density at radius 1 is 1.44 bits per heavy atom. The van der Waals surface area contributed by atoms with Crippen LogP contribution in [-0.2, 0) is 0 Å². The predicted molar refractivity (Wildman–Crippen MR) is 62.4 cm³/mol. The zero-order valence-electron chi connectivity index (χ0n) is 9.25. The smallest absolute Gasteiger partial charge is 0.115 e. The normalized spacial score (nSPS) is 16.1. The number of hydrogen-bond acceptors (Lipinski definition) is 5. The van der Waals surface area contributed by atoms with Crippen LogP contribution < -0.4 is 10.6 Å². The van der Waals surface area contributed by atoms with Gasteiger partial charge >= 0.3 is 0 Å². The summed E-state index contributed by atoms with van der Waals surface area (Å²) in [6.45, 7) is 1.71. The molecule has 0 atom stereocenters. The van der Waals surface area contributed by atoms with Gasteiger partial charge < -0.3 is 10.6 Å². The van der Waals surface area contributed by atoms with Crippen LogP contribution in [0.1, 0.15) is 12.0 Å². The van der Waals surface area contributed by atoms with E-state index in [1.165, 1.54) is 6.33 Å². The molecular formula is C11H15N5. The molecule has 0 saturated carbocycles. The molecule has 5 nitrogen and oxygen atoms in total. The molecule has 0 bridgehead atoms. The van der Waals surface area contributed by atoms with Gasteiger partial charge in [0, 0.05) is 37.2 Å². The van der Waals surface area contributed by atoms with E-state index < -0.39 is 0 Å². The van der Waals surface area contributed by atoms with Gasteiger partial charge in [-0.2, -0.15) is 0 Å². The van der Waals surface area contributed by atoms with Gasteiger partial charge in [0.25, 0.3) is 0 Å². The quantitative estimate of drug-likeness (QED) is 0.637. The van der Waals surface area contributed by atoms with E-state index in [0.717, 1.165) is 36.3 Å². The van der Waals surface area contributed by atoms with Crippen LogP contribution in [0.25, 0.3) is 0 Å². The van der Waals surface area contributed by atoms with Gasteiger partial charge in [-0.3, -0.25) is 5.41 Å². The van der Waals surface area contributed by atoms with Gasteiger partial charge in [-0.1, -0.05) is 0 Å². The van der Waals surface area contributed by atoms with Gasteiger partial charge in [0.05, 0.1) is 5.71 Å². The van der Waals surface area contributed by atoms with Gasteiger partial charge in [0.1, 0.15) is 6.33 Å². The van der Waals surface area contributed by atoms with Crippen molar-refractivity contribution in [2.45, 2.75) is 6.42 Å². The number of nitrogens with zero attached hydrogens (tertiary/aromatic N) is 2. The third-order valence-electron chi connectivity index (χ3n) is 2.67. The van der Waals surface area contributed by atoms with Crippen molar-refractivity contribution in [3.63, 3.8) is 0 Å². The monoisotopic (exact) mass is 217 g/mol. The molecule has 5 heteroatoms. The first kappa shape index (κ1) is 10.8. The number of hydrogen-bond donors (Lipinski definition) is 3. The van der Waals surface area contributed by atoms with E-state index in [4.69, 9.17) is 5.41 Å². The number of aromatic nitrogens is 2. The summed E-state index contributed by atoms with van der Waals surface area (Å²) >= 11 is 0. The molecule has 0 saturated heterocycles. The Balaban J connectivity index is 2.30. The lowest BCUT2D eigenvalue weighted by molar-refractivity contribution is 0.659. The second-order valence-electron chi connectivity index (χ2n) is 3.64. The maximum Gasteiger partial charge on any atom is 0.115 e. The highest BCUT2D eigenvalue weighted by Crippen LogP contribution is 2.15. The Morgan fingerprint density at radius 3 is 2.88 bits per heavy atom. The molecule has 0 spiro atoms. The fourth-order valence-electron chi connectivity index (χ4n) is 1.80. The van der Waals surface area contributed by atoms with Crippen molar-refractivity contribution in [3.8, 4) is 0 Å². The van der Waals surface area contributed by atoms with Crippen molar-refractivity contribution in [2.24, 2.45) is 0 Å². The van der Waals surface area contributed by atoms with Gasteiger partial charge in [-0.25, -0.2) is 9.97 Å². The summed E-state index contributed by atoms with van der Waals surface area (Å²) in [5.41, 5.74) is 3.43. The highest BCUT2D eigenvalue weighted by molar-refractivity contribution is 6.10. The average Bonchev–Trinajstić information content (AvgIpc) is 2.39. The predicted octanol–water partition coefficient (Wildman–Crippen LogP) is 0.311. The summed E-state index contributed by atoms with van der Waals surface area (Å²) in [5.74, 6) is 0. The van der Waals surface area contributed by atoms with Crippen LogP contribution >= 0.6 is 0 Å². The molecule has 0 amide bonds. The Hall–Kier alpha value is -1.75. The van der Waals surface area contributed by atoms with Crippen molar-refractivity contribution < 1.29 is 0 Å². The van der Waals surface area contributed by atoms with Crippen molar-refractivity contribution in [2.75, 3.05) is 20.1 Å². The molecule has 0 aromatic carbocycles. The Labute approximate surface area is 94.5 Å². The maximum atomic E-state index is 8.15. The summed E-state index contributed by atoms with van der Waals surface area (Å²) in [6, 6.07) is 0. The molecule has 1 aliphatic heterocycles. The van der Waals surface area contributed by atoms with Crippen LogP contribution in [-0.4, -0.2) is 35.8 Å². The first-order chi connectivity index (χ1) is 7.83. The second-order valence-corrected chi connectivity index (χ2v) is 3.64. The fourth-order valence-corrected chi connectivity index (χ4v) is 1.80. The summed E-state index contributed by atoms with van der Waals surface area (Å²) < 4.78 is 0. The minimum Gasteiger partial charge on any atom is -0.390 e. The van der Waals surface area contributed by atoms with E-state index in [1.807, 2.05) is 7.05 Å². The largest absolute Gasteiger partial charge is 0.390 e. The Bertz CT molecular complexity index is 410. The van der Waals surface area contributed by atoms with Crippen LogP contribution in [0.2, 0.25) is 0 Å². The topological polar surface area (TPSA) is 73.7 Å². The van der Waals surface area contributed by atoms with Crippen molar-refractivity contribution >= 4 is 5.71 Å². The molecule has 84 valence electrons. The summed E-state index contributed by atoms with van der Waals surface area (Å²) in [5, 5.41) is 14.6. The van der Waals surface area contributed by atoms with Gasteiger partial charge in [-0.15, -0.1) is 0 Å². The van der Waals surface area contributed by atoms with Crippen LogP contribution in [0.5, 0.6) is 0 Å². The summed E-state index contributed by atoms with van der Waals surface area (Å²) in [7, 11) is 1.89. The van der Waals surface area contributed by atoms with E-state index in [2.05, 4.69) is 20.6 Å². The van der Waals surface area contributed by atoms with Crippen molar-refractivity contribution in [1.29, 1.82) is 5.41 Å². The van der Waals surface area contributed by atoms with E-state index in [0.29, 0.717) is 5.71 Å². The first-order valence-electron chi connectivity index (χ1n) is 5.27. The van der Waals surface area contributed by atoms with Crippen LogP contribution in [0.4, 0.5) is 0 Å². The van der Waals surface area contributed by atoms with Crippen molar-refractivity contribution in [1.82, 2.24) is 20.6 Å². The first-order valence-corrected chi connectivity index (χ1v) is 5.27. The van der Waals surface area contributed by atoms with E-state index in [9.17, 15) is 0 Å². The molecule has 0 aliphatic carbocycles. The van der Waals surface area contributed by atoms with E-state index in [-0.39, 0.29) is 0 Å². The number of rotatable bonds is 3. The summed E-state index contributed by atoms with van der Waals surface area (Å²) in [6.07, 6.45) is 5.70. The lowest BCUT2D eigenvalue weighted by Crippen LogP contribution is -2.32. The van der Waals surface area contributed by atoms with E-state index in [1.54, 1.807) is 12.4 Å². The maximum absolute atomic E-state index is 8.15. The molecule has 3 N–H and O–H groups in total. The lowest BCUT2D eigenvalue weighted by Gasteiger charge is -2.21. The molecule has 2 heterocycles. The zero-order chi connectivity index (χ0) is 11.4. The average molecular weight is 217 g/mol. The fraction of sp³-hybridized carbons (Fsp3) is 0.364. The van der Waals surface area contributed by atoms with Crippen LogP contribution in [0.15, 0.2) is 30.0 Å². The van der Waals surface area contributed by atoms with Gasteiger partial charge in [0.2, 0.25) is 0 Å². The Kier molecular flexibility index (Phi) is 3.26. The minimum absolute atomic E-state index is 0.520. The van der Waals surface area contributed by atoms with Gasteiger partial charge in [0.15, 0.2) is 0 Å². The molecule has 2 rings (SSSR count). The lowest BCUT2D eigenvalue weighted by atomic mass is 9.97. The summed E-state index contributed by atoms with van der Waals surface area (Å²) in [4.78, 5) is 7.88. The molecule has 1 aromatic heterocycles. The zero-order valence-corrected chi connectivity index (χ0v) is 9.25. The van der Waals surface area contributed by atoms with Gasteiger partial charge in [-0.05, 0) is 18.5 Å². The number of likely N-dealkylation sites (N-methyl/N-ethyl adjacent to an activating group) is 1. The second kappa shape index (κ2) is 4.85. The van der Waals surface area contributed by atoms with E-state index >= 15 is 0 Å². The Morgan fingerprint density at radius 2 is 2.19 bits per heavy atom. The molecule has 0 radical (unpaired) electrons. The molecule has 16 heavy (non-hydrogen) atoms. The van der Waals surface area contributed by atoms with Crippen LogP contribution in [0, 0.1) is 5.41 Å². The highest BCUT2D eigenvalue weighted by Gasteiger charge is 2.16. The molecular weight excluding hydrogens is 202 g/mol. The third kappa shape index (κ3) is 2.09. The minimum atomic E-state index is 0.520. The van der Waals surface area contributed by atoms with Crippen LogP contribution in [0.3, 0.4) is 0 Å². The molecule has 1 aliphatic rings.